The Hall–Kier alpha value is -4.64. The molecule has 5 heterocycles. The standard InChI is InChI=1S/C21H15N9O2/c31-20(14-4-2-8-22-10-14)29-12-18(25-27-29)16-6-1-7-17(24-16)19-13-30(28-26-19)21(32)15-5-3-9-23-11-15/h1-13,20,31H. The van der Waals surface area contributed by atoms with Crippen LogP contribution in [-0.4, -0.2) is 56.0 Å². The van der Waals surface area contributed by atoms with E-state index >= 15 is 0 Å². The van der Waals surface area contributed by atoms with Gasteiger partial charge in [-0.25, -0.2) is 9.67 Å². The largest absolute Gasteiger partial charge is 0.368 e. The van der Waals surface area contributed by atoms with Gasteiger partial charge in [-0.15, -0.1) is 10.2 Å². The Labute approximate surface area is 181 Å². The quantitative estimate of drug-likeness (QED) is 0.445. The summed E-state index contributed by atoms with van der Waals surface area (Å²) in [7, 11) is 0. The lowest BCUT2D eigenvalue weighted by atomic mass is 10.2. The SMILES string of the molecule is O=C(c1cccnc1)n1cc(-c2cccc(-c3cn(C(O)c4cccnc4)nn3)n2)nn1. The first-order chi connectivity index (χ1) is 15.7. The van der Waals surface area contributed by atoms with Crippen molar-refractivity contribution < 1.29 is 9.90 Å². The van der Waals surface area contributed by atoms with Crippen molar-refractivity contribution in [3.63, 3.8) is 0 Å². The van der Waals surface area contributed by atoms with Crippen LogP contribution in [0.3, 0.4) is 0 Å². The highest BCUT2D eigenvalue weighted by Crippen LogP contribution is 2.21. The van der Waals surface area contributed by atoms with Crippen molar-refractivity contribution in [2.24, 2.45) is 0 Å². The van der Waals surface area contributed by atoms with E-state index in [1.807, 2.05) is 0 Å². The minimum atomic E-state index is -1.02. The number of nitrogens with zero attached hydrogens (tertiary/aromatic N) is 9. The fraction of sp³-hybridized carbons (Fsp3) is 0.0476. The lowest BCUT2D eigenvalue weighted by Gasteiger charge is -2.09. The fourth-order valence-electron chi connectivity index (χ4n) is 3.02. The van der Waals surface area contributed by atoms with Gasteiger partial charge in [0.1, 0.15) is 11.4 Å². The Balaban J connectivity index is 1.40. The summed E-state index contributed by atoms with van der Waals surface area (Å²) in [6, 6.07) is 12.1. The zero-order valence-corrected chi connectivity index (χ0v) is 16.5. The molecule has 156 valence electrons. The van der Waals surface area contributed by atoms with Gasteiger partial charge in [-0.3, -0.25) is 14.8 Å². The van der Waals surface area contributed by atoms with E-state index in [2.05, 4.69) is 35.6 Å². The predicted octanol–water partition coefficient (Wildman–Crippen LogP) is 1.62. The van der Waals surface area contributed by atoms with E-state index in [0.29, 0.717) is 33.9 Å². The Morgan fingerprint density at radius 3 is 2.25 bits per heavy atom. The van der Waals surface area contributed by atoms with E-state index in [9.17, 15) is 9.90 Å². The van der Waals surface area contributed by atoms with Crippen LogP contribution >= 0.6 is 0 Å². The summed E-state index contributed by atoms with van der Waals surface area (Å²) in [6.07, 6.45) is 8.31. The number of aromatic nitrogens is 9. The molecule has 11 nitrogen and oxygen atoms in total. The highest BCUT2D eigenvalue weighted by Gasteiger charge is 2.16. The minimum absolute atomic E-state index is 0.347. The van der Waals surface area contributed by atoms with Gasteiger partial charge in [0.25, 0.3) is 5.91 Å². The van der Waals surface area contributed by atoms with E-state index in [1.165, 1.54) is 17.1 Å². The molecule has 0 saturated carbocycles. The molecule has 0 spiro atoms. The smallest absolute Gasteiger partial charge is 0.281 e. The Morgan fingerprint density at radius 1 is 0.812 bits per heavy atom. The van der Waals surface area contributed by atoms with Gasteiger partial charge in [-0.1, -0.05) is 22.6 Å². The highest BCUT2D eigenvalue weighted by atomic mass is 16.3. The number of aliphatic hydroxyl groups excluding tert-OH is 1. The van der Waals surface area contributed by atoms with Crippen molar-refractivity contribution >= 4 is 5.91 Å². The Morgan fingerprint density at radius 2 is 1.53 bits per heavy atom. The maximum Gasteiger partial charge on any atom is 0.281 e. The fourth-order valence-corrected chi connectivity index (χ4v) is 3.02. The van der Waals surface area contributed by atoms with Crippen molar-refractivity contribution in [2.45, 2.75) is 6.23 Å². The predicted molar refractivity (Wildman–Crippen MR) is 111 cm³/mol. The number of carbonyl (C=O) groups is 1. The second-order valence-corrected chi connectivity index (χ2v) is 6.75. The molecule has 0 bridgehead atoms. The molecule has 5 aromatic rings. The van der Waals surface area contributed by atoms with E-state index in [4.69, 9.17) is 0 Å². The third kappa shape index (κ3) is 3.75. The van der Waals surface area contributed by atoms with E-state index in [0.717, 1.165) is 4.68 Å². The Kier molecular flexibility index (Phi) is 4.98. The molecule has 0 saturated heterocycles. The van der Waals surface area contributed by atoms with Gasteiger partial charge >= 0.3 is 0 Å². The van der Waals surface area contributed by atoms with Gasteiger partial charge in [0.05, 0.1) is 29.3 Å². The molecule has 0 aliphatic rings. The first-order valence-corrected chi connectivity index (χ1v) is 9.54. The van der Waals surface area contributed by atoms with Gasteiger partial charge in [0.2, 0.25) is 0 Å². The second kappa shape index (κ2) is 8.24. The summed E-state index contributed by atoms with van der Waals surface area (Å²) in [5.74, 6) is -0.347. The summed E-state index contributed by atoms with van der Waals surface area (Å²) in [6.45, 7) is 0. The minimum Gasteiger partial charge on any atom is -0.368 e. The van der Waals surface area contributed by atoms with Crippen LogP contribution in [0.2, 0.25) is 0 Å². The van der Waals surface area contributed by atoms with E-state index in [-0.39, 0.29) is 5.91 Å². The molecule has 5 rings (SSSR count). The van der Waals surface area contributed by atoms with Crippen molar-refractivity contribution in [1.29, 1.82) is 0 Å². The summed E-state index contributed by atoms with van der Waals surface area (Å²) in [5.41, 5.74) is 2.91. The normalized spacial score (nSPS) is 11.9. The van der Waals surface area contributed by atoms with Gasteiger partial charge in [-0.05, 0) is 30.3 Å². The van der Waals surface area contributed by atoms with Crippen LogP contribution < -0.4 is 0 Å². The van der Waals surface area contributed by atoms with Crippen molar-refractivity contribution in [1.82, 2.24) is 44.9 Å². The summed E-state index contributed by atoms with van der Waals surface area (Å²) in [4.78, 5) is 25.0. The molecule has 0 aliphatic heterocycles. The summed E-state index contributed by atoms with van der Waals surface area (Å²) < 4.78 is 2.46. The number of aliphatic hydroxyl groups is 1. The van der Waals surface area contributed by atoms with Crippen molar-refractivity contribution in [2.75, 3.05) is 0 Å². The topological polar surface area (TPSA) is 137 Å². The molecule has 11 heteroatoms. The highest BCUT2D eigenvalue weighted by molar-refractivity contribution is 5.95. The van der Waals surface area contributed by atoms with Gasteiger partial charge in [0.15, 0.2) is 6.23 Å². The third-order valence-corrected chi connectivity index (χ3v) is 4.63. The molecule has 32 heavy (non-hydrogen) atoms. The molecular formula is C21H15N9O2. The first kappa shape index (κ1) is 19.3. The van der Waals surface area contributed by atoms with Crippen LogP contribution in [0.4, 0.5) is 0 Å². The average molecular weight is 425 g/mol. The molecule has 0 amide bonds. The van der Waals surface area contributed by atoms with Crippen LogP contribution in [0.5, 0.6) is 0 Å². The average Bonchev–Trinajstić information content (AvgIpc) is 3.55. The molecule has 0 fully saturated rings. The molecular weight excluding hydrogens is 410 g/mol. The van der Waals surface area contributed by atoms with Crippen molar-refractivity contribution in [3.8, 4) is 22.8 Å². The van der Waals surface area contributed by atoms with Crippen molar-refractivity contribution in [3.05, 3.63) is 90.8 Å². The van der Waals surface area contributed by atoms with Crippen LogP contribution in [0, 0.1) is 0 Å². The summed E-state index contributed by atoms with van der Waals surface area (Å²) in [5, 5.41) is 26.6. The number of pyridine rings is 3. The lowest BCUT2D eigenvalue weighted by Crippen LogP contribution is -2.12. The maximum absolute atomic E-state index is 12.5. The number of rotatable bonds is 5. The van der Waals surface area contributed by atoms with Gasteiger partial charge in [-0.2, -0.15) is 4.68 Å². The monoisotopic (exact) mass is 425 g/mol. The maximum atomic E-state index is 12.5. The third-order valence-electron chi connectivity index (χ3n) is 4.63. The number of carbonyl (C=O) groups excluding carboxylic acids is 1. The molecule has 0 radical (unpaired) electrons. The first-order valence-electron chi connectivity index (χ1n) is 9.54. The molecule has 1 N–H and O–H groups in total. The molecule has 1 unspecified atom stereocenters. The number of hydrogen-bond donors (Lipinski definition) is 1. The summed E-state index contributed by atoms with van der Waals surface area (Å²) >= 11 is 0. The zero-order valence-electron chi connectivity index (χ0n) is 16.5. The molecule has 1 atom stereocenters. The van der Waals surface area contributed by atoms with Gasteiger partial charge in [0, 0.05) is 30.4 Å². The molecule has 5 aromatic heterocycles. The van der Waals surface area contributed by atoms with Gasteiger partial charge < -0.3 is 5.11 Å². The van der Waals surface area contributed by atoms with Crippen LogP contribution in [0.15, 0.2) is 79.6 Å². The van der Waals surface area contributed by atoms with E-state index < -0.39 is 6.23 Å². The Bertz CT molecular complexity index is 1370. The van der Waals surface area contributed by atoms with Crippen LogP contribution in [0.25, 0.3) is 22.8 Å². The second-order valence-electron chi connectivity index (χ2n) is 6.75. The molecule has 0 aliphatic carbocycles. The van der Waals surface area contributed by atoms with Crippen LogP contribution in [0.1, 0.15) is 22.1 Å². The number of hydrogen-bond acceptors (Lipinski definition) is 9. The molecule has 0 aromatic carbocycles. The lowest BCUT2D eigenvalue weighted by molar-refractivity contribution is 0.0942. The van der Waals surface area contributed by atoms with Crippen LogP contribution in [-0.2, 0) is 0 Å². The van der Waals surface area contributed by atoms with E-state index in [1.54, 1.807) is 67.3 Å². The zero-order chi connectivity index (χ0) is 21.9.